The topological polar surface area (TPSA) is 58.4 Å². The van der Waals surface area contributed by atoms with Crippen LogP contribution in [0.4, 0.5) is 17.6 Å². The highest BCUT2D eigenvalue weighted by molar-refractivity contribution is 7.98. The Morgan fingerprint density at radius 3 is 2.15 bits per heavy atom. The number of likely N-dealkylation sites (N-methyl/N-ethyl adjacent to an activating group) is 1. The van der Waals surface area contributed by atoms with Crippen molar-refractivity contribution in [2.75, 3.05) is 26.1 Å². The van der Waals surface area contributed by atoms with Crippen LogP contribution in [0.2, 0.25) is 0 Å². The van der Waals surface area contributed by atoms with Crippen molar-refractivity contribution >= 4 is 17.7 Å². The summed E-state index contributed by atoms with van der Waals surface area (Å²) >= 11 is 0.287. The molecular formula is C36H38F4N4O2S. The summed E-state index contributed by atoms with van der Waals surface area (Å²) in [4.78, 5) is 33.1. The summed E-state index contributed by atoms with van der Waals surface area (Å²) < 4.78 is 141. The molecule has 0 fully saturated rings. The van der Waals surface area contributed by atoms with Gasteiger partial charge in [-0.2, -0.15) is 18.2 Å². The smallest absolute Gasteiger partial charge is 0.336 e. The number of hydrogen-bond acceptors (Lipinski definition) is 5. The van der Waals surface area contributed by atoms with Crippen LogP contribution in [0, 0.1) is 5.82 Å². The summed E-state index contributed by atoms with van der Waals surface area (Å²) in [5.74, 6) is -2.21. The number of benzene rings is 3. The molecule has 6 nitrogen and oxygen atoms in total. The lowest BCUT2D eigenvalue weighted by molar-refractivity contribution is -0.137. The second kappa shape index (κ2) is 15.3. The Morgan fingerprint density at radius 1 is 0.915 bits per heavy atom. The van der Waals surface area contributed by atoms with Crippen molar-refractivity contribution in [3.63, 3.8) is 0 Å². The van der Waals surface area contributed by atoms with Crippen molar-refractivity contribution in [1.29, 1.82) is 0 Å². The van der Waals surface area contributed by atoms with Gasteiger partial charge in [0.15, 0.2) is 5.16 Å². The van der Waals surface area contributed by atoms with Crippen LogP contribution in [0.25, 0.3) is 11.1 Å². The maximum Gasteiger partial charge on any atom is 0.416 e. The van der Waals surface area contributed by atoms with E-state index in [1.54, 1.807) is 0 Å². The molecule has 0 radical (unpaired) electrons. The van der Waals surface area contributed by atoms with E-state index in [0.29, 0.717) is 22.4 Å². The molecule has 248 valence electrons. The second-order valence-corrected chi connectivity index (χ2v) is 11.2. The average Bonchev–Trinajstić information content (AvgIpc) is 3.58. The lowest BCUT2D eigenvalue weighted by Crippen LogP contribution is -2.40. The van der Waals surface area contributed by atoms with E-state index in [1.807, 2.05) is 0 Å². The largest absolute Gasteiger partial charge is 0.416 e. The first-order chi connectivity index (χ1) is 26.2. The number of fused-ring (bicyclic) bond motifs is 1. The molecule has 3 aromatic carbocycles. The maximum atomic E-state index is 14.8. The number of nitrogens with zero attached hydrogens (tertiary/aromatic N) is 4. The third-order valence-electron chi connectivity index (χ3n) is 7.44. The zero-order valence-electron chi connectivity index (χ0n) is 35.5. The lowest BCUT2D eigenvalue weighted by Gasteiger charge is -2.28. The van der Waals surface area contributed by atoms with E-state index in [9.17, 15) is 32.6 Å². The number of rotatable bonds is 13. The number of halogens is 4. The zero-order valence-corrected chi connectivity index (χ0v) is 26.3. The highest BCUT2D eigenvalue weighted by Crippen LogP contribution is 2.31. The number of alkyl halides is 3. The lowest BCUT2D eigenvalue weighted by atomic mass is 10.0. The van der Waals surface area contributed by atoms with Crippen molar-refractivity contribution < 1.29 is 36.1 Å². The molecule has 0 unspecified atom stereocenters. The van der Waals surface area contributed by atoms with Gasteiger partial charge in [-0.05, 0) is 78.8 Å². The number of amides is 1. The minimum absolute atomic E-state index is 0.0311. The fourth-order valence-corrected chi connectivity index (χ4v) is 5.70. The van der Waals surface area contributed by atoms with Crippen LogP contribution in [-0.2, 0) is 42.5 Å². The highest BCUT2D eigenvalue weighted by Gasteiger charge is 2.30. The number of aromatic nitrogens is 2. The fraction of sp³-hybridized carbons (Fsp3) is 0.361. The summed E-state index contributed by atoms with van der Waals surface area (Å²) in [7, 11) is 0. The van der Waals surface area contributed by atoms with Crippen molar-refractivity contribution in [1.82, 2.24) is 19.4 Å². The number of thioether (sulfide) groups is 1. The molecule has 0 aliphatic heterocycles. The van der Waals surface area contributed by atoms with Crippen LogP contribution in [0.1, 0.15) is 61.9 Å². The van der Waals surface area contributed by atoms with Gasteiger partial charge < -0.3 is 14.4 Å². The van der Waals surface area contributed by atoms with E-state index in [0.717, 1.165) is 59.7 Å². The van der Waals surface area contributed by atoms with Gasteiger partial charge in [0, 0.05) is 44.8 Å². The third-order valence-corrected chi connectivity index (χ3v) is 8.24. The van der Waals surface area contributed by atoms with Crippen molar-refractivity contribution in [2.24, 2.45) is 0 Å². The molecule has 11 heteroatoms. The van der Waals surface area contributed by atoms with E-state index in [1.165, 1.54) is 36.4 Å². The molecule has 0 saturated carbocycles. The van der Waals surface area contributed by atoms with Gasteiger partial charge in [0.05, 0.1) is 11.0 Å². The van der Waals surface area contributed by atoms with Crippen molar-refractivity contribution in [3.8, 4) is 11.1 Å². The quantitative estimate of drug-likeness (QED) is 0.0851. The standard InChI is InChI=1S/C36H38F4N4O2S/c1-3-42(4-2)20-21-43(22-25-8-12-27(13-9-25)28-14-16-29(17-15-28)36(38,39)40)33(45)23-44-32-7-5-6-31(32)34(46)41-35(44)47-24-26-10-18-30(37)19-11-26/h8-19H,3-7,20-24H2,1-2H3/i3D2,4D2,22D2,23D2,24D2. The maximum absolute atomic E-state index is 14.8. The fourth-order valence-electron chi connectivity index (χ4n) is 4.98. The Morgan fingerprint density at radius 2 is 1.53 bits per heavy atom. The first kappa shape index (κ1) is 23.4. The number of carbonyl (C=O) groups is 1. The predicted molar refractivity (Wildman–Crippen MR) is 177 cm³/mol. The third kappa shape index (κ3) is 8.70. The molecule has 4 aromatic rings. The van der Waals surface area contributed by atoms with Crippen molar-refractivity contribution in [2.45, 2.75) is 63.1 Å². The van der Waals surface area contributed by atoms with Gasteiger partial charge >= 0.3 is 6.18 Å². The van der Waals surface area contributed by atoms with Gasteiger partial charge in [0.2, 0.25) is 5.91 Å². The molecule has 0 atom stereocenters. The summed E-state index contributed by atoms with van der Waals surface area (Å²) in [6.07, 6.45) is -3.96. The van der Waals surface area contributed by atoms with Gasteiger partial charge in [-0.1, -0.05) is 74.1 Å². The molecule has 1 aliphatic carbocycles. The summed E-state index contributed by atoms with van der Waals surface area (Å²) in [6.45, 7) is -10.2. The van der Waals surface area contributed by atoms with E-state index in [2.05, 4.69) is 4.98 Å². The molecule has 1 aromatic heterocycles. The molecule has 1 heterocycles. The Kier molecular flexibility index (Phi) is 7.61. The van der Waals surface area contributed by atoms with Crippen LogP contribution >= 0.6 is 11.8 Å². The Labute approximate surface area is 290 Å². The molecule has 0 bridgehead atoms. The van der Waals surface area contributed by atoms with Crippen LogP contribution in [0.5, 0.6) is 0 Å². The Bertz CT molecular complexity index is 2150. The molecule has 0 saturated heterocycles. The number of hydrogen-bond donors (Lipinski definition) is 0. The monoisotopic (exact) mass is 676 g/mol. The van der Waals surface area contributed by atoms with Gasteiger partial charge in [-0.3, -0.25) is 9.59 Å². The molecule has 47 heavy (non-hydrogen) atoms. The highest BCUT2D eigenvalue weighted by atomic mass is 32.2. The molecule has 1 aliphatic rings. The van der Waals surface area contributed by atoms with Crippen molar-refractivity contribution in [3.05, 3.63) is 117 Å². The van der Waals surface area contributed by atoms with Crippen LogP contribution < -0.4 is 5.56 Å². The summed E-state index contributed by atoms with van der Waals surface area (Å²) in [5.41, 5.74) is -3.54. The normalized spacial score (nSPS) is 17.5. The van der Waals surface area contributed by atoms with E-state index in [-0.39, 0.29) is 47.0 Å². The predicted octanol–water partition coefficient (Wildman–Crippen LogP) is 7.22. The van der Waals surface area contributed by atoms with Gasteiger partial charge in [0.25, 0.3) is 5.56 Å². The first-order valence-corrected chi connectivity index (χ1v) is 15.5. The Balaban J connectivity index is 1.61. The second-order valence-electron chi connectivity index (χ2n) is 10.5. The number of carbonyl (C=O) groups excluding carboxylic acids is 1. The minimum atomic E-state index is -4.57. The minimum Gasteiger partial charge on any atom is -0.336 e. The molecule has 0 spiro atoms. The van der Waals surface area contributed by atoms with E-state index < -0.39 is 79.0 Å². The zero-order chi connectivity index (χ0) is 42.5. The SMILES string of the molecule is [2H]C([2H])(Sc1nc(=O)c2c(n1C([2H])([2H])C(=O)N(CCN(C([2H])([2H])C)C([2H])([2H])C)C([2H])([2H])c1ccc(-c3ccc(C(F)(F)F)cc3)cc1)CCC2)c1ccc(F)cc1. The van der Waals surface area contributed by atoms with E-state index in [4.69, 9.17) is 8.22 Å². The molecular weight excluding hydrogens is 628 g/mol. The first-order valence-electron chi connectivity index (χ1n) is 19.6. The average molecular weight is 677 g/mol. The molecule has 1 amide bonds. The van der Waals surface area contributed by atoms with E-state index >= 15 is 0 Å². The van der Waals surface area contributed by atoms with Crippen LogP contribution in [0.15, 0.2) is 82.7 Å². The van der Waals surface area contributed by atoms with Crippen LogP contribution in [0.3, 0.4) is 0 Å². The van der Waals surface area contributed by atoms with Gasteiger partial charge in [-0.25, -0.2) is 4.39 Å². The molecule has 0 N–H and O–H groups in total. The summed E-state index contributed by atoms with van der Waals surface area (Å²) in [5, 5.41) is -0.564. The molecule has 5 rings (SSSR count). The Hall–Kier alpha value is -3.96. The van der Waals surface area contributed by atoms with Gasteiger partial charge in [0.1, 0.15) is 12.3 Å². The van der Waals surface area contributed by atoms with Gasteiger partial charge in [-0.15, -0.1) is 0 Å². The van der Waals surface area contributed by atoms with Crippen LogP contribution in [-0.4, -0.2) is 51.3 Å². The summed E-state index contributed by atoms with van der Waals surface area (Å²) in [6, 6.07) is 13.8.